The molecule has 26 heavy (non-hydrogen) atoms. The van der Waals surface area contributed by atoms with Gasteiger partial charge in [0.05, 0.1) is 5.02 Å². The highest BCUT2D eigenvalue weighted by atomic mass is 35.5. The van der Waals surface area contributed by atoms with E-state index in [-0.39, 0.29) is 5.91 Å². The normalized spacial score (nSPS) is 19.3. The predicted molar refractivity (Wildman–Crippen MR) is 106 cm³/mol. The number of carbonyl (C=O) groups is 2. The second kappa shape index (κ2) is 7.57. The first-order chi connectivity index (χ1) is 12.6. The summed E-state index contributed by atoms with van der Waals surface area (Å²) in [4.78, 5) is 29.5. The first-order valence-corrected chi connectivity index (χ1v) is 10.6. The van der Waals surface area contributed by atoms with Crippen molar-refractivity contribution in [3.8, 4) is 0 Å². The number of thiophene rings is 1. The van der Waals surface area contributed by atoms with Crippen LogP contribution in [0.2, 0.25) is 5.02 Å². The van der Waals surface area contributed by atoms with E-state index < -0.39 is 0 Å². The van der Waals surface area contributed by atoms with E-state index in [0.29, 0.717) is 28.1 Å². The first-order valence-electron chi connectivity index (χ1n) is 9.37. The molecule has 2 aromatic rings. The Balaban J connectivity index is 1.38. The van der Waals surface area contributed by atoms with Gasteiger partial charge in [0.1, 0.15) is 4.88 Å². The molecule has 2 aliphatic rings. The number of hydrogen-bond acceptors (Lipinski definition) is 3. The van der Waals surface area contributed by atoms with Crippen LogP contribution in [0, 0.1) is 5.92 Å². The molecule has 4 nitrogen and oxygen atoms in total. The lowest BCUT2D eigenvalue weighted by Crippen LogP contribution is -2.44. The zero-order valence-corrected chi connectivity index (χ0v) is 16.3. The van der Waals surface area contributed by atoms with Crippen LogP contribution in [0.25, 0.3) is 10.1 Å². The van der Waals surface area contributed by atoms with Crippen LogP contribution in [0.15, 0.2) is 24.3 Å². The van der Waals surface area contributed by atoms with Crippen molar-refractivity contribution < 1.29 is 9.59 Å². The lowest BCUT2D eigenvalue weighted by molar-refractivity contribution is -0.134. The molecule has 0 aliphatic carbocycles. The molecule has 0 atom stereocenters. The van der Waals surface area contributed by atoms with Gasteiger partial charge >= 0.3 is 0 Å². The van der Waals surface area contributed by atoms with Gasteiger partial charge in [0.25, 0.3) is 5.91 Å². The standard InChI is InChI=1S/C20H23ClN2O2S/c21-18-15-5-1-2-6-16(15)26-19(18)20(25)22-11-8-14(9-12-22)13-23-10-4-3-7-17(23)24/h1-2,5-6,14H,3-4,7-13H2. The molecule has 1 aromatic carbocycles. The Bertz CT molecular complexity index is 826. The van der Waals surface area contributed by atoms with E-state index >= 15 is 0 Å². The predicted octanol–water partition coefficient (Wildman–Crippen LogP) is 4.42. The van der Waals surface area contributed by atoms with E-state index in [1.165, 1.54) is 11.3 Å². The summed E-state index contributed by atoms with van der Waals surface area (Å²) in [5, 5.41) is 1.54. The number of piperidine rings is 2. The number of nitrogens with zero attached hydrogens (tertiary/aromatic N) is 2. The number of likely N-dealkylation sites (tertiary alicyclic amines) is 2. The second-order valence-electron chi connectivity index (χ2n) is 7.27. The topological polar surface area (TPSA) is 40.6 Å². The summed E-state index contributed by atoms with van der Waals surface area (Å²) in [6.45, 7) is 3.24. The van der Waals surface area contributed by atoms with Crippen LogP contribution in [-0.2, 0) is 4.79 Å². The molecule has 0 saturated carbocycles. The molecule has 0 bridgehead atoms. The molecular formula is C20H23ClN2O2S. The van der Waals surface area contributed by atoms with Crippen LogP contribution in [0.5, 0.6) is 0 Å². The fraction of sp³-hybridized carbons (Fsp3) is 0.500. The van der Waals surface area contributed by atoms with Crippen LogP contribution in [0.3, 0.4) is 0 Å². The number of hydrogen-bond donors (Lipinski definition) is 0. The van der Waals surface area contributed by atoms with E-state index in [1.807, 2.05) is 34.1 Å². The SMILES string of the molecule is O=C1CCCCN1CC1CCN(C(=O)c2sc3ccccc3c2Cl)CC1. The lowest BCUT2D eigenvalue weighted by Gasteiger charge is -2.36. The summed E-state index contributed by atoms with van der Waals surface area (Å²) < 4.78 is 1.05. The summed E-state index contributed by atoms with van der Waals surface area (Å²) in [5.74, 6) is 0.842. The summed E-state index contributed by atoms with van der Waals surface area (Å²) >= 11 is 7.94. The van der Waals surface area contributed by atoms with Crippen molar-refractivity contribution in [1.29, 1.82) is 0 Å². The van der Waals surface area contributed by atoms with Gasteiger partial charge in [0.2, 0.25) is 5.91 Å². The minimum absolute atomic E-state index is 0.0451. The molecule has 2 aliphatic heterocycles. The number of benzene rings is 1. The minimum atomic E-state index is 0.0451. The largest absolute Gasteiger partial charge is 0.342 e. The van der Waals surface area contributed by atoms with Crippen molar-refractivity contribution in [2.45, 2.75) is 32.1 Å². The van der Waals surface area contributed by atoms with Crippen molar-refractivity contribution in [3.63, 3.8) is 0 Å². The summed E-state index contributed by atoms with van der Waals surface area (Å²) in [6, 6.07) is 7.89. The van der Waals surface area contributed by atoms with Crippen LogP contribution < -0.4 is 0 Å². The summed E-state index contributed by atoms with van der Waals surface area (Å²) in [6.07, 6.45) is 4.75. The van der Waals surface area contributed by atoms with Gasteiger partial charge < -0.3 is 9.80 Å². The van der Waals surface area contributed by atoms with Crippen molar-refractivity contribution in [3.05, 3.63) is 34.2 Å². The Morgan fingerprint density at radius 1 is 1.15 bits per heavy atom. The average molecular weight is 391 g/mol. The van der Waals surface area contributed by atoms with Crippen LogP contribution in [0.1, 0.15) is 41.8 Å². The molecule has 138 valence electrons. The van der Waals surface area contributed by atoms with Crippen molar-refractivity contribution in [2.75, 3.05) is 26.2 Å². The van der Waals surface area contributed by atoms with Crippen LogP contribution in [0.4, 0.5) is 0 Å². The number of halogens is 1. The Morgan fingerprint density at radius 3 is 2.65 bits per heavy atom. The van der Waals surface area contributed by atoms with Gasteiger partial charge in [0, 0.05) is 42.7 Å². The van der Waals surface area contributed by atoms with Crippen LogP contribution >= 0.6 is 22.9 Å². The molecule has 6 heteroatoms. The third-order valence-corrected chi connectivity index (χ3v) is 7.19. The molecule has 2 saturated heterocycles. The monoisotopic (exact) mass is 390 g/mol. The number of carbonyl (C=O) groups excluding carboxylic acids is 2. The Kier molecular flexibility index (Phi) is 5.18. The molecule has 1 aromatic heterocycles. The average Bonchev–Trinajstić information content (AvgIpc) is 3.01. The van der Waals surface area contributed by atoms with E-state index in [1.54, 1.807) is 0 Å². The van der Waals surface area contributed by atoms with Gasteiger partial charge in [-0.05, 0) is 37.7 Å². The van der Waals surface area contributed by atoms with E-state index in [9.17, 15) is 9.59 Å². The van der Waals surface area contributed by atoms with E-state index in [2.05, 4.69) is 0 Å². The van der Waals surface area contributed by atoms with Crippen LogP contribution in [-0.4, -0.2) is 47.8 Å². The molecule has 2 fully saturated rings. The quantitative estimate of drug-likeness (QED) is 0.778. The number of fused-ring (bicyclic) bond motifs is 1. The van der Waals surface area contributed by atoms with Gasteiger partial charge in [-0.2, -0.15) is 0 Å². The van der Waals surface area contributed by atoms with Gasteiger partial charge in [0.15, 0.2) is 0 Å². The molecule has 4 rings (SSSR count). The second-order valence-corrected chi connectivity index (χ2v) is 8.70. The Morgan fingerprint density at radius 2 is 1.92 bits per heavy atom. The van der Waals surface area contributed by atoms with Crippen molar-refractivity contribution >= 4 is 44.8 Å². The zero-order valence-electron chi connectivity index (χ0n) is 14.7. The maximum atomic E-state index is 12.9. The number of rotatable bonds is 3. The molecular weight excluding hydrogens is 368 g/mol. The highest BCUT2D eigenvalue weighted by molar-refractivity contribution is 7.21. The van der Waals surface area contributed by atoms with E-state index in [4.69, 9.17) is 11.6 Å². The third kappa shape index (κ3) is 3.47. The lowest BCUT2D eigenvalue weighted by atomic mass is 9.95. The fourth-order valence-electron chi connectivity index (χ4n) is 3.98. The molecule has 0 unspecified atom stereocenters. The van der Waals surface area contributed by atoms with Crippen molar-refractivity contribution in [1.82, 2.24) is 9.80 Å². The Hall–Kier alpha value is -1.59. The van der Waals surface area contributed by atoms with Gasteiger partial charge in [-0.15, -0.1) is 11.3 Å². The molecule has 0 N–H and O–H groups in total. The maximum absolute atomic E-state index is 12.9. The highest BCUT2D eigenvalue weighted by Crippen LogP contribution is 2.36. The number of amides is 2. The summed E-state index contributed by atoms with van der Waals surface area (Å²) in [7, 11) is 0. The molecule has 2 amide bonds. The smallest absolute Gasteiger partial charge is 0.265 e. The summed E-state index contributed by atoms with van der Waals surface area (Å²) in [5.41, 5.74) is 0. The van der Waals surface area contributed by atoms with E-state index in [0.717, 1.165) is 61.9 Å². The fourth-order valence-corrected chi connectivity index (χ4v) is 5.46. The minimum Gasteiger partial charge on any atom is -0.342 e. The molecule has 0 spiro atoms. The zero-order chi connectivity index (χ0) is 18.1. The first kappa shape index (κ1) is 17.8. The molecule has 0 radical (unpaired) electrons. The van der Waals surface area contributed by atoms with Gasteiger partial charge in [-0.25, -0.2) is 0 Å². The van der Waals surface area contributed by atoms with Gasteiger partial charge in [-0.1, -0.05) is 29.8 Å². The van der Waals surface area contributed by atoms with Gasteiger partial charge in [-0.3, -0.25) is 9.59 Å². The highest BCUT2D eigenvalue weighted by Gasteiger charge is 2.29. The van der Waals surface area contributed by atoms with Crippen molar-refractivity contribution in [2.24, 2.45) is 5.92 Å². The maximum Gasteiger partial charge on any atom is 0.265 e. The Labute approximate surface area is 162 Å². The third-order valence-electron chi connectivity index (χ3n) is 5.53. The molecule has 3 heterocycles.